The highest BCUT2D eigenvalue weighted by molar-refractivity contribution is 7.99. The normalized spacial score (nSPS) is 20.0. The number of amides is 1. The van der Waals surface area contributed by atoms with Crippen molar-refractivity contribution in [2.45, 2.75) is 12.5 Å². The molecule has 4 nitrogen and oxygen atoms in total. The van der Waals surface area contributed by atoms with Crippen molar-refractivity contribution >= 4 is 17.7 Å². The minimum absolute atomic E-state index is 0.0609. The van der Waals surface area contributed by atoms with Crippen LogP contribution in [0.2, 0.25) is 0 Å². The van der Waals surface area contributed by atoms with Gasteiger partial charge in [0.15, 0.2) is 0 Å². The van der Waals surface area contributed by atoms with Crippen LogP contribution in [0.15, 0.2) is 0 Å². The summed E-state index contributed by atoms with van der Waals surface area (Å²) >= 11 is 1.88. The second kappa shape index (κ2) is 5.47. The lowest BCUT2D eigenvalue weighted by molar-refractivity contribution is -0.132. The minimum Gasteiger partial charge on any atom is -0.340 e. The van der Waals surface area contributed by atoms with E-state index in [2.05, 4.69) is 0 Å². The Bertz CT molecular complexity index is 171. The van der Waals surface area contributed by atoms with Crippen LogP contribution >= 0.6 is 11.8 Å². The lowest BCUT2D eigenvalue weighted by Gasteiger charge is -2.28. The number of hydrogen-bond donors (Lipinski definition) is 2. The summed E-state index contributed by atoms with van der Waals surface area (Å²) < 4.78 is 0. The van der Waals surface area contributed by atoms with Gasteiger partial charge in [-0.1, -0.05) is 0 Å². The molecule has 5 heteroatoms. The van der Waals surface area contributed by atoms with Crippen molar-refractivity contribution in [2.75, 3.05) is 31.1 Å². The molecule has 1 amide bonds. The molecule has 76 valence electrons. The summed E-state index contributed by atoms with van der Waals surface area (Å²) in [5, 5.41) is 0. The largest absolute Gasteiger partial charge is 0.340 e. The number of carbonyl (C=O) groups excluding carboxylic acids is 1. The number of carbonyl (C=O) groups is 1. The van der Waals surface area contributed by atoms with E-state index in [0.717, 1.165) is 24.6 Å². The molecule has 1 heterocycles. The maximum Gasteiger partial charge on any atom is 0.239 e. The van der Waals surface area contributed by atoms with Gasteiger partial charge in [0.25, 0.3) is 0 Å². The molecule has 1 fully saturated rings. The highest BCUT2D eigenvalue weighted by Crippen LogP contribution is 2.10. The monoisotopic (exact) mass is 203 g/mol. The van der Waals surface area contributed by atoms with E-state index in [9.17, 15) is 4.79 Å². The Morgan fingerprint density at radius 3 is 2.62 bits per heavy atom. The Balaban J connectivity index is 2.36. The van der Waals surface area contributed by atoms with Crippen molar-refractivity contribution in [2.24, 2.45) is 11.5 Å². The molecule has 0 unspecified atom stereocenters. The zero-order chi connectivity index (χ0) is 9.68. The van der Waals surface area contributed by atoms with E-state index in [-0.39, 0.29) is 5.91 Å². The second-order valence-electron chi connectivity index (χ2n) is 3.12. The summed E-state index contributed by atoms with van der Waals surface area (Å²) in [5.41, 5.74) is 11.0. The van der Waals surface area contributed by atoms with Crippen LogP contribution in [0.25, 0.3) is 0 Å². The van der Waals surface area contributed by atoms with E-state index < -0.39 is 6.04 Å². The summed E-state index contributed by atoms with van der Waals surface area (Å²) in [4.78, 5) is 13.5. The molecule has 1 aliphatic rings. The molecule has 0 spiro atoms. The van der Waals surface area contributed by atoms with Crippen LogP contribution in [-0.4, -0.2) is 48.0 Å². The molecular weight excluding hydrogens is 186 g/mol. The average Bonchev–Trinajstić information content (AvgIpc) is 2.18. The number of rotatable bonds is 3. The third-order valence-electron chi connectivity index (χ3n) is 2.12. The number of nitrogens with zero attached hydrogens (tertiary/aromatic N) is 1. The second-order valence-corrected chi connectivity index (χ2v) is 4.35. The van der Waals surface area contributed by atoms with Crippen LogP contribution < -0.4 is 11.5 Å². The fourth-order valence-corrected chi connectivity index (χ4v) is 2.22. The molecule has 1 rings (SSSR count). The minimum atomic E-state index is -0.395. The summed E-state index contributed by atoms with van der Waals surface area (Å²) in [6, 6.07) is -0.395. The molecule has 1 aliphatic heterocycles. The molecule has 0 aromatic carbocycles. The van der Waals surface area contributed by atoms with E-state index in [0.29, 0.717) is 13.0 Å². The summed E-state index contributed by atoms with van der Waals surface area (Å²) in [6.07, 6.45) is 0.586. The summed E-state index contributed by atoms with van der Waals surface area (Å²) in [7, 11) is 0. The van der Waals surface area contributed by atoms with Crippen molar-refractivity contribution in [1.29, 1.82) is 0 Å². The maximum atomic E-state index is 11.6. The van der Waals surface area contributed by atoms with Gasteiger partial charge in [-0.15, -0.1) is 0 Å². The van der Waals surface area contributed by atoms with Crippen molar-refractivity contribution in [3.8, 4) is 0 Å². The zero-order valence-electron chi connectivity index (χ0n) is 7.74. The Hall–Kier alpha value is -0.260. The van der Waals surface area contributed by atoms with Crippen LogP contribution in [0.1, 0.15) is 6.42 Å². The van der Waals surface area contributed by atoms with Gasteiger partial charge in [0.2, 0.25) is 5.91 Å². The number of nitrogens with two attached hydrogens (primary N) is 2. The smallest absolute Gasteiger partial charge is 0.239 e. The highest BCUT2D eigenvalue weighted by Gasteiger charge is 2.21. The topological polar surface area (TPSA) is 72.3 Å². The molecular formula is C8H17N3OS. The van der Waals surface area contributed by atoms with Crippen LogP contribution in [0.4, 0.5) is 0 Å². The zero-order valence-corrected chi connectivity index (χ0v) is 8.55. The number of thioether (sulfide) groups is 1. The van der Waals surface area contributed by atoms with E-state index in [1.807, 2.05) is 16.7 Å². The highest BCUT2D eigenvalue weighted by atomic mass is 32.2. The molecule has 1 atom stereocenters. The third kappa shape index (κ3) is 3.17. The van der Waals surface area contributed by atoms with Gasteiger partial charge in [-0.2, -0.15) is 11.8 Å². The molecule has 0 aromatic rings. The molecule has 0 bridgehead atoms. The SMILES string of the molecule is NCC[C@H](N)C(=O)N1CCSCC1. The van der Waals surface area contributed by atoms with Gasteiger partial charge >= 0.3 is 0 Å². The molecule has 0 saturated carbocycles. The summed E-state index contributed by atoms with van der Waals surface area (Å²) in [5.74, 6) is 2.12. The van der Waals surface area contributed by atoms with E-state index in [1.54, 1.807) is 0 Å². The average molecular weight is 203 g/mol. The maximum absolute atomic E-state index is 11.6. The lowest BCUT2D eigenvalue weighted by atomic mass is 10.2. The Morgan fingerprint density at radius 1 is 1.46 bits per heavy atom. The van der Waals surface area contributed by atoms with Gasteiger partial charge in [-0.3, -0.25) is 4.79 Å². The van der Waals surface area contributed by atoms with Gasteiger partial charge in [0, 0.05) is 24.6 Å². The Kier molecular flexibility index (Phi) is 4.55. The first-order valence-electron chi connectivity index (χ1n) is 4.58. The molecule has 13 heavy (non-hydrogen) atoms. The van der Waals surface area contributed by atoms with Gasteiger partial charge in [0.05, 0.1) is 6.04 Å². The van der Waals surface area contributed by atoms with E-state index in [4.69, 9.17) is 11.5 Å². The van der Waals surface area contributed by atoms with Crippen LogP contribution in [-0.2, 0) is 4.79 Å². The molecule has 4 N–H and O–H groups in total. The Labute approximate surface area is 83.0 Å². The first-order chi connectivity index (χ1) is 6.25. The van der Waals surface area contributed by atoms with Crippen LogP contribution in [0.3, 0.4) is 0 Å². The lowest BCUT2D eigenvalue weighted by Crippen LogP contribution is -2.47. The van der Waals surface area contributed by atoms with Crippen LogP contribution in [0.5, 0.6) is 0 Å². The van der Waals surface area contributed by atoms with E-state index >= 15 is 0 Å². The summed E-state index contributed by atoms with van der Waals surface area (Å²) in [6.45, 7) is 2.15. The quantitative estimate of drug-likeness (QED) is 0.632. The predicted molar refractivity (Wildman–Crippen MR) is 55.6 cm³/mol. The van der Waals surface area contributed by atoms with Gasteiger partial charge in [-0.05, 0) is 13.0 Å². The van der Waals surface area contributed by atoms with Gasteiger partial charge in [0.1, 0.15) is 0 Å². The van der Waals surface area contributed by atoms with Crippen molar-refractivity contribution < 1.29 is 4.79 Å². The Morgan fingerprint density at radius 2 is 2.08 bits per heavy atom. The molecule has 0 aromatic heterocycles. The first kappa shape index (κ1) is 10.8. The van der Waals surface area contributed by atoms with Gasteiger partial charge < -0.3 is 16.4 Å². The van der Waals surface area contributed by atoms with Crippen molar-refractivity contribution in [3.63, 3.8) is 0 Å². The standard InChI is InChI=1S/C8H17N3OS/c9-2-1-7(10)8(12)11-3-5-13-6-4-11/h7H,1-6,9-10H2/t7-/m0/s1. The fourth-order valence-electron chi connectivity index (χ4n) is 1.32. The fraction of sp³-hybridized carbons (Fsp3) is 0.875. The predicted octanol–water partition coefficient (Wildman–Crippen LogP) is -0.762. The van der Waals surface area contributed by atoms with Gasteiger partial charge in [-0.25, -0.2) is 0 Å². The van der Waals surface area contributed by atoms with E-state index in [1.165, 1.54) is 0 Å². The molecule has 1 saturated heterocycles. The number of hydrogen-bond acceptors (Lipinski definition) is 4. The molecule has 0 aliphatic carbocycles. The molecule has 0 radical (unpaired) electrons. The van der Waals surface area contributed by atoms with Crippen LogP contribution in [0, 0.1) is 0 Å². The first-order valence-corrected chi connectivity index (χ1v) is 5.73. The van der Waals surface area contributed by atoms with Crippen molar-refractivity contribution in [1.82, 2.24) is 4.90 Å². The van der Waals surface area contributed by atoms with Crippen molar-refractivity contribution in [3.05, 3.63) is 0 Å². The third-order valence-corrected chi connectivity index (χ3v) is 3.06.